The van der Waals surface area contributed by atoms with E-state index in [1.54, 1.807) is 12.1 Å². The number of carbonyl (C=O) groups is 2. The number of nitrogens with one attached hydrogen (secondary N) is 1. The largest absolute Gasteiger partial charge is 0.545 e. The molecule has 21 heavy (non-hydrogen) atoms. The minimum Gasteiger partial charge on any atom is -0.545 e. The van der Waals surface area contributed by atoms with Crippen LogP contribution in [0.25, 0.3) is 0 Å². The summed E-state index contributed by atoms with van der Waals surface area (Å²) in [5.41, 5.74) is 1.04. The second-order valence-electron chi connectivity index (χ2n) is 4.99. The molecule has 0 fully saturated rings. The highest BCUT2D eigenvalue weighted by Crippen LogP contribution is 2.37. The van der Waals surface area contributed by atoms with E-state index in [1.807, 2.05) is 5.38 Å². The van der Waals surface area contributed by atoms with Crippen molar-refractivity contribution in [2.75, 3.05) is 5.32 Å². The van der Waals surface area contributed by atoms with Crippen LogP contribution >= 0.6 is 22.7 Å². The minimum atomic E-state index is -1.20. The maximum absolute atomic E-state index is 12.1. The van der Waals surface area contributed by atoms with Crippen molar-refractivity contribution in [1.29, 1.82) is 0 Å². The van der Waals surface area contributed by atoms with Crippen LogP contribution in [-0.2, 0) is 12.8 Å². The lowest BCUT2D eigenvalue weighted by Crippen LogP contribution is -2.25. The standard InChI is InChI=1S/C15H15NO3S2/c17-13(11-7-4-8-20-11)16-14-12(15(18)19)9-5-2-1-3-6-10(9)21-14/h4,7-8H,1-3,5-6H2,(H,16,17)(H,18,19)/p-1. The van der Waals surface area contributed by atoms with Crippen LogP contribution in [0, 0.1) is 0 Å². The summed E-state index contributed by atoms with van der Waals surface area (Å²) in [6, 6.07) is 3.51. The Morgan fingerprint density at radius 1 is 1.19 bits per heavy atom. The van der Waals surface area contributed by atoms with Crippen LogP contribution in [0.15, 0.2) is 17.5 Å². The summed E-state index contributed by atoms with van der Waals surface area (Å²) in [6.07, 6.45) is 4.81. The van der Waals surface area contributed by atoms with E-state index >= 15 is 0 Å². The van der Waals surface area contributed by atoms with Gasteiger partial charge in [0.05, 0.1) is 10.8 Å². The van der Waals surface area contributed by atoms with Crippen molar-refractivity contribution in [1.82, 2.24) is 0 Å². The molecule has 0 radical (unpaired) electrons. The number of carbonyl (C=O) groups excluding carboxylic acids is 2. The molecule has 0 saturated heterocycles. The van der Waals surface area contributed by atoms with Gasteiger partial charge in [-0.05, 0) is 42.7 Å². The molecule has 4 nitrogen and oxygen atoms in total. The summed E-state index contributed by atoms with van der Waals surface area (Å²) in [5, 5.41) is 16.5. The van der Waals surface area contributed by atoms with E-state index in [4.69, 9.17) is 0 Å². The number of aryl methyl sites for hydroxylation is 1. The van der Waals surface area contributed by atoms with Crippen LogP contribution in [0.3, 0.4) is 0 Å². The zero-order valence-corrected chi connectivity index (χ0v) is 12.9. The first-order valence-electron chi connectivity index (χ1n) is 6.87. The van der Waals surface area contributed by atoms with E-state index in [-0.39, 0.29) is 11.5 Å². The maximum atomic E-state index is 12.1. The fourth-order valence-corrected chi connectivity index (χ4v) is 4.51. The zero-order valence-electron chi connectivity index (χ0n) is 11.3. The summed E-state index contributed by atoms with van der Waals surface area (Å²) in [7, 11) is 0. The molecule has 1 aliphatic rings. The van der Waals surface area contributed by atoms with E-state index in [9.17, 15) is 14.7 Å². The maximum Gasteiger partial charge on any atom is 0.266 e. The monoisotopic (exact) mass is 320 g/mol. The number of aromatic carboxylic acids is 1. The number of anilines is 1. The second-order valence-corrected chi connectivity index (χ2v) is 7.04. The van der Waals surface area contributed by atoms with Gasteiger partial charge in [0.1, 0.15) is 5.00 Å². The van der Waals surface area contributed by atoms with Gasteiger partial charge in [-0.2, -0.15) is 0 Å². The Morgan fingerprint density at radius 2 is 2.00 bits per heavy atom. The number of fused-ring (bicyclic) bond motifs is 1. The predicted molar refractivity (Wildman–Crippen MR) is 82.2 cm³/mol. The lowest BCUT2D eigenvalue weighted by Gasteiger charge is -2.09. The number of thiophene rings is 2. The van der Waals surface area contributed by atoms with Gasteiger partial charge < -0.3 is 15.2 Å². The van der Waals surface area contributed by atoms with Gasteiger partial charge in [-0.3, -0.25) is 4.79 Å². The van der Waals surface area contributed by atoms with Gasteiger partial charge in [0.2, 0.25) is 0 Å². The molecule has 0 atom stereocenters. The molecule has 0 spiro atoms. The molecular formula is C15H14NO3S2-. The number of hydrogen-bond acceptors (Lipinski definition) is 5. The van der Waals surface area contributed by atoms with Gasteiger partial charge in [-0.15, -0.1) is 22.7 Å². The summed E-state index contributed by atoms with van der Waals surface area (Å²) >= 11 is 2.71. The quantitative estimate of drug-likeness (QED) is 0.884. The molecule has 110 valence electrons. The molecule has 3 rings (SSSR count). The van der Waals surface area contributed by atoms with Gasteiger partial charge in [0.15, 0.2) is 0 Å². The molecular weight excluding hydrogens is 306 g/mol. The average Bonchev–Trinajstić information content (AvgIpc) is 3.02. The molecule has 0 saturated carbocycles. The lowest BCUT2D eigenvalue weighted by atomic mass is 10.1. The Hall–Kier alpha value is -1.66. The smallest absolute Gasteiger partial charge is 0.266 e. The Morgan fingerprint density at radius 3 is 2.71 bits per heavy atom. The van der Waals surface area contributed by atoms with E-state index in [2.05, 4.69) is 5.32 Å². The normalized spacial score (nSPS) is 14.3. The molecule has 0 unspecified atom stereocenters. The van der Waals surface area contributed by atoms with Crippen LogP contribution in [-0.4, -0.2) is 11.9 Å². The third-order valence-corrected chi connectivity index (χ3v) is 5.67. The Labute approximate surface area is 130 Å². The van der Waals surface area contributed by atoms with Gasteiger partial charge >= 0.3 is 0 Å². The van der Waals surface area contributed by atoms with Crippen LogP contribution in [0.1, 0.15) is 49.7 Å². The molecule has 0 aromatic carbocycles. The number of amides is 1. The van der Waals surface area contributed by atoms with E-state index in [0.717, 1.165) is 42.5 Å². The highest BCUT2D eigenvalue weighted by Gasteiger charge is 2.22. The molecule has 2 aromatic rings. The average molecular weight is 320 g/mol. The first-order valence-corrected chi connectivity index (χ1v) is 8.57. The van der Waals surface area contributed by atoms with Crippen molar-refractivity contribution in [2.24, 2.45) is 0 Å². The third kappa shape index (κ3) is 2.87. The van der Waals surface area contributed by atoms with Crippen LogP contribution in [0.5, 0.6) is 0 Å². The number of hydrogen-bond donors (Lipinski definition) is 1. The van der Waals surface area contributed by atoms with Crippen molar-refractivity contribution >= 4 is 39.6 Å². The number of carboxylic acid groups (broad SMARTS) is 1. The molecule has 0 bridgehead atoms. The highest BCUT2D eigenvalue weighted by molar-refractivity contribution is 7.17. The van der Waals surface area contributed by atoms with Crippen molar-refractivity contribution in [2.45, 2.75) is 32.1 Å². The molecule has 0 aliphatic heterocycles. The molecule has 6 heteroatoms. The van der Waals surface area contributed by atoms with Gasteiger partial charge in [-0.1, -0.05) is 12.5 Å². The highest BCUT2D eigenvalue weighted by atomic mass is 32.1. The fourth-order valence-electron chi connectivity index (χ4n) is 2.62. The Balaban J connectivity index is 1.95. The van der Waals surface area contributed by atoms with E-state index in [1.165, 1.54) is 22.7 Å². The first kappa shape index (κ1) is 14.3. The van der Waals surface area contributed by atoms with Crippen LogP contribution < -0.4 is 10.4 Å². The molecule has 2 aromatic heterocycles. The predicted octanol–water partition coefficient (Wildman–Crippen LogP) is 2.69. The van der Waals surface area contributed by atoms with Crippen LogP contribution in [0.4, 0.5) is 5.00 Å². The van der Waals surface area contributed by atoms with Gasteiger partial charge in [0, 0.05) is 10.4 Å². The van der Waals surface area contributed by atoms with E-state index in [0.29, 0.717) is 9.88 Å². The summed E-state index contributed by atoms with van der Waals surface area (Å²) in [5.74, 6) is -1.46. The van der Waals surface area contributed by atoms with Gasteiger partial charge in [-0.25, -0.2) is 0 Å². The topological polar surface area (TPSA) is 69.2 Å². The third-order valence-electron chi connectivity index (χ3n) is 3.60. The first-order chi connectivity index (χ1) is 10.2. The Kier molecular flexibility index (Phi) is 4.07. The lowest BCUT2D eigenvalue weighted by molar-refractivity contribution is -0.254. The van der Waals surface area contributed by atoms with Crippen LogP contribution in [0.2, 0.25) is 0 Å². The summed E-state index contributed by atoms with van der Waals surface area (Å²) in [6.45, 7) is 0. The van der Waals surface area contributed by atoms with Crippen molar-refractivity contribution in [3.63, 3.8) is 0 Å². The fraction of sp³-hybridized carbons (Fsp3) is 0.333. The second kappa shape index (κ2) is 5.99. The van der Waals surface area contributed by atoms with Crippen molar-refractivity contribution < 1.29 is 14.7 Å². The molecule has 2 heterocycles. The van der Waals surface area contributed by atoms with Crippen molar-refractivity contribution in [3.05, 3.63) is 38.4 Å². The molecule has 1 amide bonds. The molecule has 1 N–H and O–H groups in total. The summed E-state index contributed by atoms with van der Waals surface area (Å²) in [4.78, 5) is 25.3. The van der Waals surface area contributed by atoms with Gasteiger partial charge in [0.25, 0.3) is 5.91 Å². The zero-order chi connectivity index (χ0) is 14.8. The van der Waals surface area contributed by atoms with Crippen molar-refractivity contribution in [3.8, 4) is 0 Å². The minimum absolute atomic E-state index is 0.182. The SMILES string of the molecule is O=C(Nc1sc2c(c1C(=O)[O-])CCCCC2)c1cccs1. The molecule has 1 aliphatic carbocycles. The Bertz CT molecular complexity index is 673. The van der Waals surface area contributed by atoms with E-state index < -0.39 is 5.97 Å². The number of carboxylic acids is 1. The summed E-state index contributed by atoms with van der Waals surface area (Å²) < 4.78 is 0. The number of rotatable bonds is 3.